The molecule has 0 saturated carbocycles. The molecule has 2 amide bonds. The zero-order valence-corrected chi connectivity index (χ0v) is 16.6. The predicted octanol–water partition coefficient (Wildman–Crippen LogP) is 3.75. The van der Waals surface area contributed by atoms with Crippen LogP contribution in [-0.4, -0.2) is 31.6 Å². The van der Waals surface area contributed by atoms with Crippen molar-refractivity contribution in [3.05, 3.63) is 18.2 Å². The highest BCUT2D eigenvalue weighted by Crippen LogP contribution is 2.29. The number of ether oxygens (including phenoxy) is 2. The molecule has 0 saturated heterocycles. The van der Waals surface area contributed by atoms with E-state index in [1.807, 2.05) is 6.92 Å². The van der Waals surface area contributed by atoms with Crippen molar-refractivity contribution in [3.63, 3.8) is 0 Å². The van der Waals surface area contributed by atoms with Crippen LogP contribution in [0.15, 0.2) is 18.2 Å². The molecule has 1 aromatic rings. The molecule has 1 atom stereocenters. The Morgan fingerprint density at radius 2 is 1.85 bits per heavy atom. The first kappa shape index (κ1) is 21.8. The van der Waals surface area contributed by atoms with E-state index in [1.165, 1.54) is 0 Å². The van der Waals surface area contributed by atoms with Gasteiger partial charge in [-0.15, -0.1) is 0 Å². The highest BCUT2D eigenvalue weighted by Gasteiger charge is 2.18. The van der Waals surface area contributed by atoms with Crippen molar-refractivity contribution >= 4 is 17.5 Å². The molecule has 146 valence electrons. The van der Waals surface area contributed by atoms with E-state index in [0.29, 0.717) is 29.7 Å². The van der Waals surface area contributed by atoms with Gasteiger partial charge in [-0.1, -0.05) is 27.2 Å². The molecule has 0 spiro atoms. The molecule has 2 N–H and O–H groups in total. The molecule has 1 aromatic carbocycles. The highest BCUT2D eigenvalue weighted by atomic mass is 16.5. The topological polar surface area (TPSA) is 76.7 Å². The van der Waals surface area contributed by atoms with Crippen LogP contribution in [0.1, 0.15) is 53.4 Å². The zero-order chi connectivity index (χ0) is 19.5. The van der Waals surface area contributed by atoms with Gasteiger partial charge in [0.05, 0.1) is 19.4 Å². The van der Waals surface area contributed by atoms with Crippen LogP contribution < -0.4 is 20.1 Å². The molecule has 0 aliphatic rings. The van der Waals surface area contributed by atoms with Crippen LogP contribution in [0.3, 0.4) is 0 Å². The molecule has 0 bridgehead atoms. The summed E-state index contributed by atoms with van der Waals surface area (Å²) in [6.45, 7) is 8.78. The van der Waals surface area contributed by atoms with Crippen LogP contribution >= 0.6 is 0 Å². The molecule has 1 unspecified atom stereocenters. The Morgan fingerprint density at radius 1 is 1.12 bits per heavy atom. The Bertz CT molecular complexity index is 587. The number of nitrogens with one attached hydrogen (secondary N) is 2. The second kappa shape index (κ2) is 11.4. The maximum absolute atomic E-state index is 12.2. The molecular formula is C20H32N2O4. The van der Waals surface area contributed by atoms with Gasteiger partial charge in [0.25, 0.3) is 0 Å². The Hall–Kier alpha value is -2.24. The van der Waals surface area contributed by atoms with E-state index in [9.17, 15) is 9.59 Å². The maximum atomic E-state index is 12.2. The summed E-state index contributed by atoms with van der Waals surface area (Å²) < 4.78 is 10.9. The van der Waals surface area contributed by atoms with E-state index >= 15 is 0 Å². The van der Waals surface area contributed by atoms with Crippen molar-refractivity contribution in [3.8, 4) is 11.5 Å². The zero-order valence-electron chi connectivity index (χ0n) is 16.6. The lowest BCUT2D eigenvalue weighted by Gasteiger charge is -2.16. The van der Waals surface area contributed by atoms with Gasteiger partial charge in [-0.25, -0.2) is 0 Å². The fraction of sp³-hybridized carbons (Fsp3) is 0.600. The van der Waals surface area contributed by atoms with Gasteiger partial charge in [0, 0.05) is 12.1 Å². The average molecular weight is 364 g/mol. The molecule has 0 aromatic heterocycles. The fourth-order valence-electron chi connectivity index (χ4n) is 2.31. The van der Waals surface area contributed by atoms with Crippen molar-refractivity contribution in [2.45, 2.75) is 59.4 Å². The van der Waals surface area contributed by atoms with Gasteiger partial charge in [-0.3, -0.25) is 9.59 Å². The van der Waals surface area contributed by atoms with Crippen molar-refractivity contribution in [1.82, 2.24) is 5.32 Å². The minimum atomic E-state index is -0.713. The Balaban J connectivity index is 2.72. The van der Waals surface area contributed by atoms with E-state index in [4.69, 9.17) is 9.47 Å². The Labute approximate surface area is 156 Å². The molecule has 26 heavy (non-hydrogen) atoms. The van der Waals surface area contributed by atoms with Crippen LogP contribution in [-0.2, 0) is 9.59 Å². The molecule has 0 radical (unpaired) electrons. The van der Waals surface area contributed by atoms with Crippen LogP contribution in [0.5, 0.6) is 11.5 Å². The van der Waals surface area contributed by atoms with Gasteiger partial charge in [0.1, 0.15) is 11.5 Å². The quantitative estimate of drug-likeness (QED) is 0.490. The first-order chi connectivity index (χ1) is 12.4. The number of carbonyl (C=O) groups excluding carboxylic acids is 2. The van der Waals surface area contributed by atoms with Gasteiger partial charge in [-0.05, 0) is 44.2 Å². The summed E-state index contributed by atoms with van der Waals surface area (Å²) in [5.74, 6) is 0.295. The number of benzene rings is 1. The molecule has 0 heterocycles. The third-order valence-electron chi connectivity index (χ3n) is 3.95. The third kappa shape index (κ3) is 7.76. The highest BCUT2D eigenvalue weighted by molar-refractivity contribution is 6.39. The summed E-state index contributed by atoms with van der Waals surface area (Å²) >= 11 is 0. The average Bonchev–Trinajstić information content (AvgIpc) is 2.61. The Morgan fingerprint density at radius 3 is 2.46 bits per heavy atom. The number of carbonyl (C=O) groups is 2. The smallest absolute Gasteiger partial charge is 0.313 e. The van der Waals surface area contributed by atoms with Crippen LogP contribution in [0.2, 0.25) is 0 Å². The van der Waals surface area contributed by atoms with E-state index in [-0.39, 0.29) is 6.04 Å². The number of hydrogen-bond acceptors (Lipinski definition) is 4. The minimum Gasteiger partial charge on any atom is -0.497 e. The summed E-state index contributed by atoms with van der Waals surface area (Å²) in [4.78, 5) is 24.4. The van der Waals surface area contributed by atoms with Gasteiger partial charge in [0.15, 0.2) is 0 Å². The summed E-state index contributed by atoms with van der Waals surface area (Å²) in [6, 6.07) is 5.08. The fourth-order valence-corrected chi connectivity index (χ4v) is 2.31. The lowest BCUT2D eigenvalue weighted by Crippen LogP contribution is -2.40. The van der Waals surface area contributed by atoms with E-state index in [0.717, 1.165) is 25.7 Å². The number of unbranched alkanes of at least 4 members (excludes halogenated alkanes) is 1. The molecule has 0 aliphatic carbocycles. The van der Waals surface area contributed by atoms with Crippen molar-refractivity contribution < 1.29 is 19.1 Å². The summed E-state index contributed by atoms with van der Waals surface area (Å²) in [5.41, 5.74) is 0.426. The molecular weight excluding hydrogens is 332 g/mol. The first-order valence-corrected chi connectivity index (χ1v) is 9.30. The number of hydrogen-bond donors (Lipinski definition) is 2. The molecule has 1 rings (SSSR count). The molecule has 0 fully saturated rings. The van der Waals surface area contributed by atoms with Gasteiger partial charge in [-0.2, -0.15) is 0 Å². The van der Waals surface area contributed by atoms with Gasteiger partial charge >= 0.3 is 11.8 Å². The van der Waals surface area contributed by atoms with Crippen molar-refractivity contribution in [1.29, 1.82) is 0 Å². The monoisotopic (exact) mass is 364 g/mol. The van der Waals surface area contributed by atoms with E-state index in [1.54, 1.807) is 25.3 Å². The van der Waals surface area contributed by atoms with Gasteiger partial charge in [0.2, 0.25) is 0 Å². The second-order valence-corrected chi connectivity index (χ2v) is 6.86. The molecule has 6 nitrogen and oxygen atoms in total. The number of anilines is 1. The first-order valence-electron chi connectivity index (χ1n) is 9.30. The van der Waals surface area contributed by atoms with Crippen molar-refractivity contribution in [2.24, 2.45) is 5.92 Å². The number of rotatable bonds is 10. The normalized spacial score (nSPS) is 11.8. The molecule has 0 aliphatic heterocycles. The standard InChI is InChI=1S/C20H32N2O4/c1-6-7-12-26-18-11-10-16(25-5)13-17(18)22-20(24)19(23)21-15(4)9-8-14(2)3/h10-11,13-15H,6-9,12H2,1-5H3,(H,21,23)(H,22,24). The van der Waals surface area contributed by atoms with Gasteiger partial charge < -0.3 is 20.1 Å². The number of amides is 2. The maximum Gasteiger partial charge on any atom is 0.313 e. The van der Waals surface area contributed by atoms with Crippen LogP contribution in [0, 0.1) is 5.92 Å². The minimum absolute atomic E-state index is 0.0544. The van der Waals surface area contributed by atoms with E-state index in [2.05, 4.69) is 31.4 Å². The summed E-state index contributed by atoms with van der Waals surface area (Å²) in [6.07, 6.45) is 3.75. The Kier molecular flexibility index (Phi) is 9.55. The lowest BCUT2D eigenvalue weighted by molar-refractivity contribution is -0.136. The SMILES string of the molecule is CCCCOc1ccc(OC)cc1NC(=O)C(=O)NC(C)CCC(C)C. The second-order valence-electron chi connectivity index (χ2n) is 6.86. The third-order valence-corrected chi connectivity index (χ3v) is 3.95. The predicted molar refractivity (Wildman–Crippen MR) is 104 cm³/mol. The summed E-state index contributed by atoms with van der Waals surface area (Å²) in [5, 5.41) is 5.36. The summed E-state index contributed by atoms with van der Waals surface area (Å²) in [7, 11) is 1.54. The molecule has 6 heteroatoms. The van der Waals surface area contributed by atoms with Crippen LogP contribution in [0.4, 0.5) is 5.69 Å². The van der Waals surface area contributed by atoms with Crippen molar-refractivity contribution in [2.75, 3.05) is 19.0 Å². The lowest BCUT2D eigenvalue weighted by atomic mass is 10.0. The van der Waals surface area contributed by atoms with Crippen LogP contribution in [0.25, 0.3) is 0 Å². The number of methoxy groups -OCH3 is 1. The van der Waals surface area contributed by atoms with E-state index < -0.39 is 11.8 Å². The largest absolute Gasteiger partial charge is 0.497 e.